The molecule has 1 aliphatic heterocycles. The Morgan fingerprint density at radius 1 is 0.952 bits per heavy atom. The zero-order valence-corrected chi connectivity index (χ0v) is 12.4. The Bertz CT molecular complexity index is 528. The molecule has 21 heavy (non-hydrogen) atoms. The summed E-state index contributed by atoms with van der Waals surface area (Å²) in [6.07, 6.45) is 8.25. The lowest BCUT2D eigenvalue weighted by molar-refractivity contribution is 0.252. The van der Waals surface area contributed by atoms with Gasteiger partial charge < -0.3 is 0 Å². The van der Waals surface area contributed by atoms with Crippen molar-refractivity contribution in [2.75, 3.05) is 19.6 Å². The van der Waals surface area contributed by atoms with Crippen LogP contribution in [0, 0.1) is 0 Å². The summed E-state index contributed by atoms with van der Waals surface area (Å²) in [5.41, 5.74) is 3.54. The maximum atomic E-state index is 4.53. The molecule has 1 fully saturated rings. The molecule has 3 rings (SSSR count). The van der Waals surface area contributed by atoms with Crippen LogP contribution in [-0.4, -0.2) is 29.5 Å². The molecule has 1 saturated heterocycles. The molecule has 1 aromatic heterocycles. The van der Waals surface area contributed by atoms with E-state index in [2.05, 4.69) is 58.4 Å². The normalized spacial score (nSPS) is 16.9. The smallest absolute Gasteiger partial charge is 0.0705 e. The number of nitrogens with zero attached hydrogens (tertiary/aromatic N) is 2. The Hall–Kier alpha value is -1.93. The van der Waals surface area contributed by atoms with Gasteiger partial charge in [0.05, 0.1) is 5.69 Å². The van der Waals surface area contributed by atoms with E-state index in [1.54, 1.807) is 0 Å². The monoisotopic (exact) mass is 278 g/mol. The Kier molecular flexibility index (Phi) is 4.80. The molecule has 1 aliphatic rings. The third-order valence-electron chi connectivity index (χ3n) is 4.03. The van der Waals surface area contributed by atoms with Crippen LogP contribution in [0.5, 0.6) is 0 Å². The van der Waals surface area contributed by atoms with Crippen LogP contribution in [0.15, 0.2) is 60.8 Å². The van der Waals surface area contributed by atoms with Gasteiger partial charge in [0.2, 0.25) is 0 Å². The molecule has 2 heteroatoms. The van der Waals surface area contributed by atoms with Gasteiger partial charge in [-0.25, -0.2) is 0 Å². The molecule has 0 amide bonds. The summed E-state index contributed by atoms with van der Waals surface area (Å²) in [6.45, 7) is 3.46. The van der Waals surface area contributed by atoms with Crippen molar-refractivity contribution in [2.45, 2.75) is 19.3 Å². The first-order chi connectivity index (χ1) is 10.4. The average molecular weight is 278 g/mol. The molecule has 0 radical (unpaired) electrons. The SMILES string of the molecule is C(CN1CCCCC1)=C(c1ccccc1)c1ccccn1. The van der Waals surface area contributed by atoms with Gasteiger partial charge >= 0.3 is 0 Å². The van der Waals surface area contributed by atoms with E-state index in [0.29, 0.717) is 0 Å². The minimum Gasteiger partial charge on any atom is -0.300 e. The Balaban J connectivity index is 1.85. The Morgan fingerprint density at radius 3 is 2.43 bits per heavy atom. The van der Waals surface area contributed by atoms with Crippen LogP contribution in [0.4, 0.5) is 0 Å². The van der Waals surface area contributed by atoms with Gasteiger partial charge in [-0.1, -0.05) is 48.9 Å². The quantitative estimate of drug-likeness (QED) is 0.840. The summed E-state index contributed by atoms with van der Waals surface area (Å²) in [5.74, 6) is 0. The summed E-state index contributed by atoms with van der Waals surface area (Å²) < 4.78 is 0. The summed E-state index contributed by atoms with van der Waals surface area (Å²) in [5, 5.41) is 0. The second-order valence-electron chi connectivity index (χ2n) is 5.56. The largest absolute Gasteiger partial charge is 0.300 e. The van der Waals surface area contributed by atoms with Crippen molar-refractivity contribution >= 4 is 5.57 Å². The van der Waals surface area contributed by atoms with E-state index in [9.17, 15) is 0 Å². The van der Waals surface area contributed by atoms with Gasteiger partial charge in [-0.05, 0) is 43.6 Å². The molecule has 0 N–H and O–H groups in total. The lowest BCUT2D eigenvalue weighted by Gasteiger charge is -2.25. The highest BCUT2D eigenvalue weighted by Gasteiger charge is 2.10. The zero-order valence-electron chi connectivity index (χ0n) is 12.4. The van der Waals surface area contributed by atoms with Gasteiger partial charge in [0.25, 0.3) is 0 Å². The van der Waals surface area contributed by atoms with E-state index < -0.39 is 0 Å². The molecular weight excluding hydrogens is 256 g/mol. The molecular formula is C19H22N2. The van der Waals surface area contributed by atoms with Crippen LogP contribution in [-0.2, 0) is 0 Å². The van der Waals surface area contributed by atoms with Gasteiger partial charge in [-0.2, -0.15) is 0 Å². The summed E-state index contributed by atoms with van der Waals surface area (Å²) in [6, 6.07) is 16.7. The number of rotatable bonds is 4. The van der Waals surface area contributed by atoms with Gasteiger partial charge in [-0.15, -0.1) is 0 Å². The highest BCUT2D eigenvalue weighted by atomic mass is 15.1. The third-order valence-corrected chi connectivity index (χ3v) is 4.03. The molecule has 0 saturated carbocycles. The predicted octanol–water partition coefficient (Wildman–Crippen LogP) is 4.00. The topological polar surface area (TPSA) is 16.1 Å². The summed E-state index contributed by atoms with van der Waals surface area (Å²) >= 11 is 0. The lowest BCUT2D eigenvalue weighted by Crippen LogP contribution is -2.29. The van der Waals surface area contributed by atoms with E-state index in [-0.39, 0.29) is 0 Å². The number of aromatic nitrogens is 1. The number of benzene rings is 1. The Labute approximate surface area is 127 Å². The van der Waals surface area contributed by atoms with E-state index in [4.69, 9.17) is 0 Å². The van der Waals surface area contributed by atoms with Gasteiger partial charge in [-0.3, -0.25) is 9.88 Å². The maximum Gasteiger partial charge on any atom is 0.0705 e. The van der Waals surface area contributed by atoms with Crippen LogP contribution >= 0.6 is 0 Å². The molecule has 1 aromatic carbocycles. The number of likely N-dealkylation sites (tertiary alicyclic amines) is 1. The van der Waals surface area contributed by atoms with Crippen LogP contribution in [0.1, 0.15) is 30.5 Å². The summed E-state index contributed by atoms with van der Waals surface area (Å²) in [7, 11) is 0. The predicted molar refractivity (Wildman–Crippen MR) is 88.0 cm³/mol. The molecule has 2 aromatic rings. The molecule has 2 nitrogen and oxygen atoms in total. The zero-order chi connectivity index (χ0) is 14.3. The number of pyridine rings is 1. The van der Waals surface area contributed by atoms with Crippen molar-refractivity contribution in [3.05, 3.63) is 72.1 Å². The average Bonchev–Trinajstić information content (AvgIpc) is 2.58. The highest BCUT2D eigenvalue weighted by Crippen LogP contribution is 2.21. The maximum absolute atomic E-state index is 4.53. The first-order valence-electron chi connectivity index (χ1n) is 7.83. The highest BCUT2D eigenvalue weighted by molar-refractivity contribution is 5.77. The van der Waals surface area contributed by atoms with Crippen LogP contribution < -0.4 is 0 Å². The van der Waals surface area contributed by atoms with Crippen LogP contribution in [0.2, 0.25) is 0 Å². The third kappa shape index (κ3) is 3.79. The van der Waals surface area contributed by atoms with Crippen molar-refractivity contribution in [3.63, 3.8) is 0 Å². The van der Waals surface area contributed by atoms with Crippen molar-refractivity contribution in [1.82, 2.24) is 9.88 Å². The fraction of sp³-hybridized carbons (Fsp3) is 0.316. The first kappa shape index (κ1) is 14.0. The second-order valence-corrected chi connectivity index (χ2v) is 5.56. The van der Waals surface area contributed by atoms with Crippen molar-refractivity contribution in [1.29, 1.82) is 0 Å². The lowest BCUT2D eigenvalue weighted by atomic mass is 10.0. The molecule has 2 heterocycles. The molecule has 108 valence electrons. The van der Waals surface area contributed by atoms with Gasteiger partial charge in [0, 0.05) is 18.3 Å². The Morgan fingerprint density at radius 2 is 1.71 bits per heavy atom. The standard InChI is InChI=1S/C19H22N2/c1-3-9-17(10-4-1)18(19-11-5-6-13-20-19)12-16-21-14-7-2-8-15-21/h1,3-6,9-13H,2,7-8,14-16H2. The van der Waals surface area contributed by atoms with E-state index in [0.717, 1.165) is 12.2 Å². The van der Waals surface area contributed by atoms with E-state index in [1.807, 2.05) is 12.3 Å². The first-order valence-corrected chi connectivity index (χ1v) is 7.83. The second kappa shape index (κ2) is 7.19. The van der Waals surface area contributed by atoms with Crippen LogP contribution in [0.3, 0.4) is 0 Å². The van der Waals surface area contributed by atoms with Gasteiger partial charge in [0.1, 0.15) is 0 Å². The number of hydrogen-bond donors (Lipinski definition) is 0. The molecule has 0 bridgehead atoms. The number of piperidine rings is 1. The molecule has 0 aliphatic carbocycles. The van der Waals surface area contributed by atoms with Crippen molar-refractivity contribution < 1.29 is 0 Å². The van der Waals surface area contributed by atoms with E-state index >= 15 is 0 Å². The number of hydrogen-bond acceptors (Lipinski definition) is 2. The minimum absolute atomic E-state index is 1.01. The van der Waals surface area contributed by atoms with E-state index in [1.165, 1.54) is 43.5 Å². The molecule has 0 atom stereocenters. The minimum atomic E-state index is 1.01. The summed E-state index contributed by atoms with van der Waals surface area (Å²) in [4.78, 5) is 7.07. The molecule has 0 spiro atoms. The van der Waals surface area contributed by atoms with Crippen LogP contribution in [0.25, 0.3) is 5.57 Å². The fourth-order valence-electron chi connectivity index (χ4n) is 2.87. The molecule has 0 unspecified atom stereocenters. The van der Waals surface area contributed by atoms with Crippen molar-refractivity contribution in [2.24, 2.45) is 0 Å². The fourth-order valence-corrected chi connectivity index (χ4v) is 2.87. The van der Waals surface area contributed by atoms with Gasteiger partial charge in [0.15, 0.2) is 0 Å². The van der Waals surface area contributed by atoms with Crippen molar-refractivity contribution in [3.8, 4) is 0 Å².